The molecular weight excluding hydrogens is 386 g/mol. The van der Waals surface area contributed by atoms with Crippen LogP contribution in [0, 0.1) is 18.4 Å². The number of hydrogen-bond acceptors (Lipinski definition) is 2. The van der Waals surface area contributed by atoms with Crippen molar-refractivity contribution >= 4 is 14.0 Å². The predicted molar refractivity (Wildman–Crippen MR) is 126 cm³/mol. The van der Waals surface area contributed by atoms with Crippen molar-refractivity contribution in [3.8, 4) is 11.5 Å². The van der Waals surface area contributed by atoms with Crippen LogP contribution in [0.4, 0.5) is 0 Å². The Balaban J connectivity index is 1.83. The van der Waals surface area contributed by atoms with Crippen LogP contribution in [0.1, 0.15) is 57.9 Å². The topological polar surface area (TPSA) is 40.5 Å². The van der Waals surface area contributed by atoms with Crippen LogP contribution in [0.3, 0.4) is 0 Å². The second-order valence-electron chi connectivity index (χ2n) is 9.44. The van der Waals surface area contributed by atoms with Crippen molar-refractivity contribution in [2.24, 2.45) is 0 Å². The number of aromatic carboxylic acids is 1. The van der Waals surface area contributed by atoms with Crippen molar-refractivity contribution in [2.45, 2.75) is 71.9 Å². The Labute approximate surface area is 182 Å². The number of benzene rings is 2. The number of carboxylic acid groups (broad SMARTS) is 1. The molecule has 1 atom stereocenters. The van der Waals surface area contributed by atoms with Gasteiger partial charge in [-0.15, -0.1) is 5.54 Å². The molecule has 0 saturated carbocycles. The van der Waals surface area contributed by atoms with Crippen molar-refractivity contribution in [1.82, 2.24) is 4.90 Å². The molecule has 2 aromatic rings. The number of carboxylic acids is 1. The lowest BCUT2D eigenvalue weighted by molar-refractivity contribution is 0.0694. The third-order valence-electron chi connectivity index (χ3n) is 5.75. The molecule has 0 aliphatic carbocycles. The zero-order valence-corrected chi connectivity index (χ0v) is 19.9. The summed E-state index contributed by atoms with van der Waals surface area (Å²) in [6, 6.07) is 12.5. The van der Waals surface area contributed by atoms with Gasteiger partial charge in [0.15, 0.2) is 0 Å². The summed E-state index contributed by atoms with van der Waals surface area (Å²) >= 11 is 0. The predicted octanol–water partition coefficient (Wildman–Crippen LogP) is 5.65. The normalized spacial score (nSPS) is 14.7. The molecule has 30 heavy (non-hydrogen) atoms. The van der Waals surface area contributed by atoms with E-state index in [0.29, 0.717) is 11.6 Å². The van der Waals surface area contributed by atoms with E-state index in [0.717, 1.165) is 49.0 Å². The first kappa shape index (κ1) is 22.3. The van der Waals surface area contributed by atoms with Crippen LogP contribution >= 0.6 is 0 Å². The third kappa shape index (κ3) is 5.41. The highest BCUT2D eigenvalue weighted by Gasteiger charge is 2.27. The summed E-state index contributed by atoms with van der Waals surface area (Å²) in [5.41, 5.74) is 9.78. The van der Waals surface area contributed by atoms with Crippen LogP contribution in [-0.2, 0) is 19.5 Å². The van der Waals surface area contributed by atoms with E-state index in [9.17, 15) is 9.90 Å². The molecule has 0 bridgehead atoms. The minimum atomic E-state index is -1.39. The number of hydrogen-bond donors (Lipinski definition) is 1. The summed E-state index contributed by atoms with van der Waals surface area (Å²) in [6.45, 7) is 12.9. The first-order chi connectivity index (χ1) is 14.2. The lowest BCUT2D eigenvalue weighted by Gasteiger charge is -2.28. The molecule has 4 heteroatoms. The quantitative estimate of drug-likeness (QED) is 0.486. The molecule has 0 amide bonds. The fraction of sp³-hybridized carbons (Fsp3) is 0.423. The molecule has 3 nitrogen and oxygen atoms in total. The Morgan fingerprint density at radius 1 is 1.17 bits per heavy atom. The first-order valence-electron chi connectivity index (χ1n) is 10.9. The molecular formula is C26H33NO2Si. The minimum absolute atomic E-state index is 0.332. The average Bonchev–Trinajstić information content (AvgIpc) is 3.09. The van der Waals surface area contributed by atoms with Gasteiger partial charge in [0, 0.05) is 24.7 Å². The molecule has 0 fully saturated rings. The van der Waals surface area contributed by atoms with Crippen LogP contribution in [0.2, 0.25) is 19.6 Å². The van der Waals surface area contributed by atoms with Gasteiger partial charge in [-0.3, -0.25) is 4.90 Å². The molecule has 1 aliphatic heterocycles. The average molecular weight is 420 g/mol. The molecule has 2 aromatic carbocycles. The fourth-order valence-corrected chi connectivity index (χ4v) is 4.69. The highest BCUT2D eigenvalue weighted by atomic mass is 28.3. The maximum absolute atomic E-state index is 11.8. The van der Waals surface area contributed by atoms with Crippen LogP contribution in [0.5, 0.6) is 0 Å². The van der Waals surface area contributed by atoms with E-state index in [1.54, 1.807) is 6.07 Å². The van der Waals surface area contributed by atoms with Gasteiger partial charge in [0.1, 0.15) is 8.07 Å². The second-order valence-corrected chi connectivity index (χ2v) is 14.2. The standard InChI is InChI=1S/C26H33NO2Si/c1-6-8-23(16-25-19(2)9-7-10-24(25)26(28)29)27-17-21-12-11-20(15-22(21)18-27)13-14-30(3,4)5/h7,9-12,15,23H,6,8,16-18H2,1-5H3,(H,28,29). The zero-order chi connectivity index (χ0) is 21.9. The van der Waals surface area contributed by atoms with E-state index < -0.39 is 14.0 Å². The van der Waals surface area contributed by atoms with E-state index in [-0.39, 0.29) is 0 Å². The lowest BCUT2D eigenvalue weighted by atomic mass is 9.93. The molecule has 0 spiro atoms. The van der Waals surface area contributed by atoms with Crippen molar-refractivity contribution < 1.29 is 9.90 Å². The molecule has 1 N–H and O–H groups in total. The molecule has 0 radical (unpaired) electrons. The third-order valence-corrected chi connectivity index (χ3v) is 6.63. The molecule has 0 saturated heterocycles. The van der Waals surface area contributed by atoms with Crippen molar-refractivity contribution in [3.63, 3.8) is 0 Å². The van der Waals surface area contributed by atoms with E-state index in [1.165, 1.54) is 11.1 Å². The van der Waals surface area contributed by atoms with E-state index >= 15 is 0 Å². The summed E-state index contributed by atoms with van der Waals surface area (Å²) in [4.78, 5) is 14.3. The Bertz CT molecular complexity index is 994. The Hall–Kier alpha value is -2.35. The van der Waals surface area contributed by atoms with Crippen LogP contribution in [0.25, 0.3) is 0 Å². The summed E-state index contributed by atoms with van der Waals surface area (Å²) in [5.74, 6) is 2.54. The lowest BCUT2D eigenvalue weighted by Crippen LogP contribution is -2.33. The van der Waals surface area contributed by atoms with Gasteiger partial charge in [-0.25, -0.2) is 4.79 Å². The second kappa shape index (κ2) is 9.20. The smallest absolute Gasteiger partial charge is 0.335 e. The maximum atomic E-state index is 11.8. The van der Waals surface area contributed by atoms with Gasteiger partial charge in [-0.1, -0.05) is 57.1 Å². The number of carbonyl (C=O) groups is 1. The van der Waals surface area contributed by atoms with Crippen LogP contribution in [0.15, 0.2) is 36.4 Å². The molecule has 1 heterocycles. The Kier molecular flexibility index (Phi) is 6.85. The van der Waals surface area contributed by atoms with Gasteiger partial charge in [0.25, 0.3) is 0 Å². The first-order valence-corrected chi connectivity index (χ1v) is 14.4. The van der Waals surface area contributed by atoms with E-state index in [4.69, 9.17) is 0 Å². The van der Waals surface area contributed by atoms with Gasteiger partial charge in [-0.2, -0.15) is 0 Å². The summed E-state index contributed by atoms with van der Waals surface area (Å²) in [5, 5.41) is 9.65. The molecule has 0 aromatic heterocycles. The fourth-order valence-electron chi connectivity index (χ4n) is 4.17. The summed E-state index contributed by atoms with van der Waals surface area (Å²) in [6.07, 6.45) is 2.92. The maximum Gasteiger partial charge on any atom is 0.335 e. The van der Waals surface area contributed by atoms with Crippen LogP contribution < -0.4 is 0 Å². The Morgan fingerprint density at radius 2 is 1.90 bits per heavy atom. The van der Waals surface area contributed by atoms with Gasteiger partial charge in [0.2, 0.25) is 0 Å². The summed E-state index contributed by atoms with van der Waals surface area (Å²) in [7, 11) is -1.39. The van der Waals surface area contributed by atoms with Crippen molar-refractivity contribution in [1.29, 1.82) is 0 Å². The van der Waals surface area contributed by atoms with Gasteiger partial charge >= 0.3 is 5.97 Å². The number of nitrogens with zero attached hydrogens (tertiary/aromatic N) is 1. The number of fused-ring (bicyclic) bond motifs is 1. The largest absolute Gasteiger partial charge is 0.478 e. The monoisotopic (exact) mass is 419 g/mol. The summed E-state index contributed by atoms with van der Waals surface area (Å²) < 4.78 is 0. The van der Waals surface area contributed by atoms with Gasteiger partial charge in [0.05, 0.1) is 5.56 Å². The molecule has 3 rings (SSSR count). The molecule has 1 unspecified atom stereocenters. The highest BCUT2D eigenvalue weighted by Crippen LogP contribution is 2.29. The zero-order valence-electron chi connectivity index (χ0n) is 18.9. The number of rotatable bonds is 6. The van der Waals surface area contributed by atoms with Crippen molar-refractivity contribution in [2.75, 3.05) is 0 Å². The van der Waals surface area contributed by atoms with Crippen molar-refractivity contribution in [3.05, 3.63) is 69.8 Å². The van der Waals surface area contributed by atoms with E-state index in [2.05, 4.69) is 61.1 Å². The number of aryl methyl sites for hydroxylation is 1. The van der Waals surface area contributed by atoms with Gasteiger partial charge in [-0.05, 0) is 60.2 Å². The highest BCUT2D eigenvalue weighted by molar-refractivity contribution is 6.83. The molecule has 158 valence electrons. The Morgan fingerprint density at radius 3 is 2.57 bits per heavy atom. The molecule has 1 aliphatic rings. The minimum Gasteiger partial charge on any atom is -0.478 e. The van der Waals surface area contributed by atoms with Gasteiger partial charge < -0.3 is 5.11 Å². The SMILES string of the molecule is CCCC(Cc1c(C)cccc1C(=O)O)N1Cc2ccc(C#C[Si](C)(C)C)cc2C1. The van der Waals surface area contributed by atoms with E-state index in [1.807, 2.05) is 19.1 Å². The van der Waals surface area contributed by atoms with Crippen LogP contribution in [-0.4, -0.2) is 30.1 Å².